The van der Waals surface area contributed by atoms with Crippen molar-refractivity contribution in [3.63, 3.8) is 0 Å². The maximum atomic E-state index is 11.9. The fourth-order valence-corrected chi connectivity index (χ4v) is 5.35. The largest absolute Gasteiger partial charge is 0.426 e. The molecule has 1 saturated heterocycles. The molecule has 2 heterocycles. The molecule has 36 heavy (non-hydrogen) atoms. The second-order valence-corrected chi connectivity index (χ2v) is 10.7. The van der Waals surface area contributed by atoms with Crippen LogP contribution in [0.3, 0.4) is 0 Å². The second-order valence-electron chi connectivity index (χ2n) is 9.93. The Kier molecular flexibility index (Phi) is 6.67. The summed E-state index contributed by atoms with van der Waals surface area (Å²) < 4.78 is 17.6. The van der Waals surface area contributed by atoms with E-state index in [9.17, 15) is 4.79 Å². The summed E-state index contributed by atoms with van der Waals surface area (Å²) in [6.07, 6.45) is 6.10. The highest BCUT2D eigenvalue weighted by atomic mass is 35.5. The Labute approximate surface area is 220 Å². The van der Waals surface area contributed by atoms with E-state index in [0.29, 0.717) is 39.6 Å². The number of esters is 1. The van der Waals surface area contributed by atoms with Gasteiger partial charge in [0.25, 0.3) is 0 Å². The zero-order valence-corrected chi connectivity index (χ0v) is 21.4. The van der Waals surface area contributed by atoms with Gasteiger partial charge in [-0.3, -0.25) is 4.79 Å². The first kappa shape index (κ1) is 23.8. The van der Waals surface area contributed by atoms with E-state index in [1.165, 1.54) is 0 Å². The van der Waals surface area contributed by atoms with E-state index >= 15 is 0 Å². The average Bonchev–Trinajstić information content (AvgIpc) is 3.82. The minimum Gasteiger partial charge on any atom is -0.426 e. The van der Waals surface area contributed by atoms with Gasteiger partial charge in [-0.2, -0.15) is 0 Å². The van der Waals surface area contributed by atoms with Crippen LogP contribution >= 0.6 is 23.2 Å². The third kappa shape index (κ3) is 5.13. The molecule has 3 aromatic rings. The predicted octanol–water partition coefficient (Wildman–Crippen LogP) is 7.03. The molecular weight excluding hydrogens is 499 g/mol. The molecule has 0 amide bonds. The number of hydrogen-bond donors (Lipinski definition) is 0. The van der Waals surface area contributed by atoms with Gasteiger partial charge in [0.2, 0.25) is 0 Å². The van der Waals surface area contributed by atoms with Gasteiger partial charge >= 0.3 is 5.97 Å². The molecule has 6 rings (SSSR count). The van der Waals surface area contributed by atoms with Crippen LogP contribution in [0.5, 0.6) is 5.75 Å². The summed E-state index contributed by atoms with van der Waals surface area (Å²) in [5.74, 6) is 1.90. The van der Waals surface area contributed by atoms with Gasteiger partial charge in [-0.25, -0.2) is 0 Å². The van der Waals surface area contributed by atoms with E-state index < -0.39 is 0 Å². The summed E-state index contributed by atoms with van der Waals surface area (Å²) in [7, 11) is 0. The maximum Gasteiger partial charge on any atom is 0.314 e. The van der Waals surface area contributed by atoms with Crippen molar-refractivity contribution in [2.45, 2.75) is 57.2 Å². The first-order valence-electron chi connectivity index (χ1n) is 12.7. The Balaban J connectivity index is 1.08. The number of carbonyl (C=O) groups is 1. The van der Waals surface area contributed by atoms with Crippen molar-refractivity contribution in [1.29, 1.82) is 0 Å². The van der Waals surface area contributed by atoms with Gasteiger partial charge < -0.3 is 18.9 Å². The zero-order valence-electron chi connectivity index (χ0n) is 19.9. The SMILES string of the molecule is O=C(Oc1ccc(N2CCC(OCc3c(-c4c(Cl)cccc4Cl)noc3C3CC3)CC2)cc1)C1CC1. The average molecular weight is 527 g/mol. The molecule has 6 nitrogen and oxygen atoms in total. The van der Waals surface area contributed by atoms with Crippen LogP contribution in [0.25, 0.3) is 11.3 Å². The van der Waals surface area contributed by atoms with Gasteiger partial charge in [0, 0.05) is 35.8 Å². The molecule has 0 radical (unpaired) electrons. The number of aromatic nitrogens is 1. The number of nitrogens with zero attached hydrogens (tertiary/aromatic N) is 2. The van der Waals surface area contributed by atoms with Gasteiger partial charge in [-0.1, -0.05) is 34.4 Å². The lowest BCUT2D eigenvalue weighted by molar-refractivity contribution is -0.135. The lowest BCUT2D eigenvalue weighted by Gasteiger charge is -2.33. The molecule has 2 saturated carbocycles. The third-order valence-corrected chi connectivity index (χ3v) is 7.83. The van der Waals surface area contributed by atoms with Gasteiger partial charge in [-0.05, 0) is 74.9 Å². The number of carbonyl (C=O) groups excluding carboxylic acids is 1. The maximum absolute atomic E-state index is 11.9. The molecule has 0 N–H and O–H groups in total. The summed E-state index contributed by atoms with van der Waals surface area (Å²) in [6.45, 7) is 2.22. The van der Waals surface area contributed by atoms with Crippen LogP contribution in [0.15, 0.2) is 47.0 Å². The van der Waals surface area contributed by atoms with Crippen LogP contribution in [0, 0.1) is 5.92 Å². The molecule has 0 spiro atoms. The van der Waals surface area contributed by atoms with Crippen molar-refractivity contribution in [3.8, 4) is 17.0 Å². The minimum atomic E-state index is -0.113. The minimum absolute atomic E-state index is 0.0969. The van der Waals surface area contributed by atoms with Crippen molar-refractivity contribution in [1.82, 2.24) is 5.16 Å². The molecule has 3 aliphatic rings. The molecule has 0 atom stereocenters. The number of ether oxygens (including phenoxy) is 2. The number of hydrogen-bond acceptors (Lipinski definition) is 6. The van der Waals surface area contributed by atoms with Crippen molar-refractivity contribution < 1.29 is 18.8 Å². The van der Waals surface area contributed by atoms with E-state index in [2.05, 4.69) is 10.1 Å². The van der Waals surface area contributed by atoms with Crippen LogP contribution in [-0.4, -0.2) is 30.3 Å². The zero-order chi connectivity index (χ0) is 24.6. The first-order chi connectivity index (χ1) is 17.6. The van der Waals surface area contributed by atoms with Crippen LogP contribution in [0.4, 0.5) is 5.69 Å². The first-order valence-corrected chi connectivity index (χ1v) is 13.4. The number of anilines is 1. The molecule has 0 bridgehead atoms. The van der Waals surface area contributed by atoms with E-state index in [-0.39, 0.29) is 18.0 Å². The highest BCUT2D eigenvalue weighted by Gasteiger charge is 2.34. The predicted molar refractivity (Wildman–Crippen MR) is 139 cm³/mol. The molecule has 3 fully saturated rings. The highest BCUT2D eigenvalue weighted by molar-refractivity contribution is 6.39. The number of benzene rings is 2. The summed E-state index contributed by atoms with van der Waals surface area (Å²) in [5, 5.41) is 5.47. The van der Waals surface area contributed by atoms with E-state index in [1.54, 1.807) is 0 Å². The molecule has 1 aliphatic heterocycles. The standard InChI is InChI=1S/C28H28Cl2N2O4/c29-23-2-1-3-24(30)25(23)26-22(27(36-31-26)17-4-5-17)16-34-20-12-14-32(15-13-20)19-8-10-21(11-9-19)35-28(33)18-6-7-18/h1-3,8-11,17-18,20H,4-7,12-16H2. The normalized spacial score (nSPS) is 18.4. The molecule has 188 valence electrons. The molecule has 2 aliphatic carbocycles. The summed E-state index contributed by atoms with van der Waals surface area (Å²) in [5.41, 5.74) is 3.49. The molecular formula is C28H28Cl2N2O4. The molecule has 2 aromatic carbocycles. The van der Waals surface area contributed by atoms with E-state index in [0.717, 1.165) is 68.6 Å². The lowest BCUT2D eigenvalue weighted by Crippen LogP contribution is -2.37. The fourth-order valence-electron chi connectivity index (χ4n) is 4.77. The lowest BCUT2D eigenvalue weighted by atomic mass is 10.0. The van der Waals surface area contributed by atoms with Gasteiger partial charge in [0.1, 0.15) is 17.2 Å². The number of rotatable bonds is 8. The van der Waals surface area contributed by atoms with Crippen LogP contribution in [-0.2, 0) is 16.1 Å². The van der Waals surface area contributed by atoms with E-state index in [4.69, 9.17) is 37.2 Å². The Bertz CT molecular complexity index is 1220. The Morgan fingerprint density at radius 3 is 2.31 bits per heavy atom. The van der Waals surface area contributed by atoms with Gasteiger partial charge in [0.05, 0.1) is 28.7 Å². The topological polar surface area (TPSA) is 64.8 Å². The molecule has 8 heteroatoms. The quantitative estimate of drug-likeness (QED) is 0.232. The third-order valence-electron chi connectivity index (χ3n) is 7.20. The Hall–Kier alpha value is -2.54. The van der Waals surface area contributed by atoms with Gasteiger partial charge in [-0.15, -0.1) is 0 Å². The fraction of sp³-hybridized carbons (Fsp3) is 0.429. The monoisotopic (exact) mass is 526 g/mol. The van der Waals surface area contributed by atoms with Crippen LogP contribution in [0.1, 0.15) is 55.8 Å². The summed E-state index contributed by atoms with van der Waals surface area (Å²) >= 11 is 13.0. The highest BCUT2D eigenvalue weighted by Crippen LogP contribution is 2.46. The Morgan fingerprint density at radius 2 is 1.67 bits per heavy atom. The number of piperidine rings is 1. The van der Waals surface area contributed by atoms with Gasteiger partial charge in [0.15, 0.2) is 0 Å². The van der Waals surface area contributed by atoms with Crippen LogP contribution in [0.2, 0.25) is 10.0 Å². The summed E-state index contributed by atoms with van der Waals surface area (Å²) in [6, 6.07) is 13.3. The number of halogens is 2. The van der Waals surface area contributed by atoms with Crippen molar-refractivity contribution in [2.24, 2.45) is 5.92 Å². The van der Waals surface area contributed by atoms with Crippen LogP contribution < -0.4 is 9.64 Å². The van der Waals surface area contributed by atoms with Crippen molar-refractivity contribution in [3.05, 3.63) is 63.8 Å². The summed E-state index contributed by atoms with van der Waals surface area (Å²) in [4.78, 5) is 14.2. The molecule has 0 unspecified atom stereocenters. The van der Waals surface area contributed by atoms with E-state index in [1.807, 2.05) is 42.5 Å². The smallest absolute Gasteiger partial charge is 0.314 e. The Morgan fingerprint density at radius 1 is 0.972 bits per heavy atom. The second kappa shape index (κ2) is 10.1. The van der Waals surface area contributed by atoms with Crippen molar-refractivity contribution in [2.75, 3.05) is 18.0 Å². The molecule has 1 aromatic heterocycles. The van der Waals surface area contributed by atoms with Crippen molar-refractivity contribution >= 4 is 34.9 Å².